The van der Waals surface area contributed by atoms with Gasteiger partial charge in [-0.15, -0.1) is 0 Å². The minimum Gasteiger partial charge on any atom is -0.492 e. The Bertz CT molecular complexity index is 1560. The molecular weight excluding hydrogens is 508 g/mol. The number of aromatic amines is 1. The van der Waals surface area contributed by atoms with Crippen molar-refractivity contribution < 1.29 is 9.53 Å². The van der Waals surface area contributed by atoms with Crippen LogP contribution in [0.25, 0.3) is 22.0 Å². The molecule has 1 aliphatic heterocycles. The van der Waals surface area contributed by atoms with E-state index in [9.17, 15) is 4.79 Å². The second-order valence-electron chi connectivity index (χ2n) is 11.1. The summed E-state index contributed by atoms with van der Waals surface area (Å²) >= 11 is 0. The molecule has 1 amide bonds. The van der Waals surface area contributed by atoms with Gasteiger partial charge in [0.05, 0.1) is 11.7 Å². The zero-order valence-electron chi connectivity index (χ0n) is 23.7. The Kier molecular flexibility index (Phi) is 8.28. The van der Waals surface area contributed by atoms with Crippen molar-refractivity contribution in [3.63, 3.8) is 0 Å². The number of aromatic nitrogens is 2. The van der Waals surface area contributed by atoms with Crippen LogP contribution in [0.4, 0.5) is 0 Å². The highest BCUT2D eigenvalue weighted by Gasteiger charge is 2.28. The van der Waals surface area contributed by atoms with Gasteiger partial charge in [0.1, 0.15) is 12.4 Å². The lowest BCUT2D eigenvalue weighted by Gasteiger charge is -2.32. The lowest BCUT2D eigenvalue weighted by molar-refractivity contribution is -0.129. The fourth-order valence-corrected chi connectivity index (χ4v) is 5.65. The first-order valence-electron chi connectivity index (χ1n) is 14.8. The summed E-state index contributed by atoms with van der Waals surface area (Å²) in [5.41, 5.74) is 8.83. The first-order valence-corrected chi connectivity index (χ1v) is 14.8. The molecule has 0 spiro atoms. The molecule has 0 radical (unpaired) electrons. The van der Waals surface area contributed by atoms with E-state index in [2.05, 4.69) is 89.2 Å². The molecule has 2 heterocycles. The van der Waals surface area contributed by atoms with Crippen LogP contribution in [0.2, 0.25) is 0 Å². The number of likely N-dealkylation sites (tertiary alicyclic amines) is 1. The van der Waals surface area contributed by atoms with Gasteiger partial charge in [0.15, 0.2) is 0 Å². The van der Waals surface area contributed by atoms with E-state index in [1.165, 1.54) is 52.7 Å². The van der Waals surface area contributed by atoms with Crippen molar-refractivity contribution in [1.29, 1.82) is 0 Å². The summed E-state index contributed by atoms with van der Waals surface area (Å²) in [6.07, 6.45) is 10.3. The summed E-state index contributed by atoms with van der Waals surface area (Å²) in [6, 6.07) is 23.9. The molecule has 41 heavy (non-hydrogen) atoms. The van der Waals surface area contributed by atoms with E-state index in [-0.39, 0.29) is 5.91 Å². The number of benzene rings is 3. The number of hydrogen-bond donors (Lipinski definition) is 2. The zero-order valence-corrected chi connectivity index (χ0v) is 23.7. The number of nitrogens with one attached hydrogen (secondary N) is 2. The number of ether oxygens (including phenoxy) is 1. The predicted octanol–water partition coefficient (Wildman–Crippen LogP) is 6.39. The molecule has 2 fully saturated rings. The molecule has 210 valence electrons. The second kappa shape index (κ2) is 12.6. The Morgan fingerprint density at radius 1 is 1.05 bits per heavy atom. The monoisotopic (exact) mass is 546 g/mol. The Labute approximate surface area is 242 Å². The van der Waals surface area contributed by atoms with Crippen molar-refractivity contribution in [1.82, 2.24) is 20.4 Å². The third kappa shape index (κ3) is 6.13. The number of rotatable bonds is 11. The van der Waals surface area contributed by atoms with Gasteiger partial charge in [-0.2, -0.15) is 5.10 Å². The van der Waals surface area contributed by atoms with Gasteiger partial charge >= 0.3 is 0 Å². The van der Waals surface area contributed by atoms with E-state index < -0.39 is 0 Å². The van der Waals surface area contributed by atoms with E-state index in [1.807, 2.05) is 17.2 Å². The van der Waals surface area contributed by atoms with Gasteiger partial charge in [-0.1, -0.05) is 55.0 Å². The van der Waals surface area contributed by atoms with E-state index in [0.717, 1.165) is 36.2 Å². The van der Waals surface area contributed by atoms with Crippen LogP contribution in [-0.4, -0.2) is 53.8 Å². The SMILES string of the molecule is Cc1ccccc1C(=C(c1ccc(OCCNCC=CC(=O)N2CCC2)cc1)c1ccc2[nH]ncc2c1)C1CCC1. The van der Waals surface area contributed by atoms with Crippen molar-refractivity contribution in [3.05, 3.63) is 107 Å². The number of fused-ring (bicyclic) bond motifs is 1. The molecule has 0 unspecified atom stereocenters. The van der Waals surface area contributed by atoms with Gasteiger partial charge in [0.25, 0.3) is 0 Å². The van der Waals surface area contributed by atoms with E-state index in [0.29, 0.717) is 25.6 Å². The third-order valence-corrected chi connectivity index (χ3v) is 8.33. The molecule has 2 aliphatic rings. The quantitative estimate of drug-likeness (QED) is 0.130. The van der Waals surface area contributed by atoms with Gasteiger partial charge in [-0.3, -0.25) is 9.89 Å². The first-order chi connectivity index (χ1) is 20.2. The maximum absolute atomic E-state index is 11.9. The summed E-state index contributed by atoms with van der Waals surface area (Å²) in [7, 11) is 0. The molecule has 1 aromatic heterocycles. The van der Waals surface area contributed by atoms with Crippen molar-refractivity contribution in [2.45, 2.75) is 32.6 Å². The Hall–Kier alpha value is -4.16. The van der Waals surface area contributed by atoms with Gasteiger partial charge in [-0.25, -0.2) is 0 Å². The molecule has 0 bridgehead atoms. The minimum absolute atomic E-state index is 0.107. The van der Waals surface area contributed by atoms with Crippen molar-refractivity contribution in [3.8, 4) is 5.75 Å². The number of carbonyl (C=O) groups is 1. The molecule has 4 aromatic rings. The topological polar surface area (TPSA) is 70.2 Å². The largest absolute Gasteiger partial charge is 0.492 e. The molecule has 6 nitrogen and oxygen atoms in total. The molecule has 6 rings (SSSR count). The summed E-state index contributed by atoms with van der Waals surface area (Å²) in [4.78, 5) is 13.7. The number of nitrogens with zero attached hydrogens (tertiary/aromatic N) is 2. The van der Waals surface area contributed by atoms with E-state index >= 15 is 0 Å². The lowest BCUT2D eigenvalue weighted by Crippen LogP contribution is -2.41. The fourth-order valence-electron chi connectivity index (χ4n) is 5.65. The van der Waals surface area contributed by atoms with Crippen molar-refractivity contribution in [2.75, 3.05) is 32.8 Å². The molecule has 1 aliphatic carbocycles. The summed E-state index contributed by atoms with van der Waals surface area (Å²) in [6.45, 7) is 5.90. The molecule has 3 aromatic carbocycles. The Morgan fingerprint density at radius 2 is 1.85 bits per heavy atom. The molecular formula is C35H38N4O2. The van der Waals surface area contributed by atoms with Crippen molar-refractivity contribution in [2.24, 2.45) is 5.92 Å². The zero-order chi connectivity index (χ0) is 28.0. The number of amides is 1. The first kappa shape index (κ1) is 27.0. The third-order valence-electron chi connectivity index (χ3n) is 8.33. The lowest BCUT2D eigenvalue weighted by atomic mass is 9.72. The van der Waals surface area contributed by atoms with Crippen LogP contribution in [0.3, 0.4) is 0 Å². The van der Waals surface area contributed by atoms with Gasteiger partial charge in [-0.05, 0) is 89.8 Å². The molecule has 1 saturated heterocycles. The molecule has 0 atom stereocenters. The number of aryl methyl sites for hydroxylation is 1. The molecule has 2 N–H and O–H groups in total. The highest BCUT2D eigenvalue weighted by atomic mass is 16.5. The van der Waals surface area contributed by atoms with Crippen LogP contribution in [0.15, 0.2) is 85.1 Å². The van der Waals surface area contributed by atoms with Gasteiger partial charge in [0, 0.05) is 37.6 Å². The van der Waals surface area contributed by atoms with Crippen molar-refractivity contribution >= 4 is 28.0 Å². The second-order valence-corrected chi connectivity index (χ2v) is 11.1. The van der Waals surface area contributed by atoms with Gasteiger partial charge < -0.3 is 15.0 Å². The molecule has 6 heteroatoms. The normalized spacial score (nSPS) is 16.0. The summed E-state index contributed by atoms with van der Waals surface area (Å²) < 4.78 is 6.04. The van der Waals surface area contributed by atoms with Crippen LogP contribution in [0.5, 0.6) is 5.75 Å². The van der Waals surface area contributed by atoms with Gasteiger partial charge in [0.2, 0.25) is 5.91 Å². The average molecular weight is 547 g/mol. The predicted molar refractivity (Wildman–Crippen MR) is 166 cm³/mol. The maximum atomic E-state index is 11.9. The summed E-state index contributed by atoms with van der Waals surface area (Å²) in [5.74, 6) is 1.50. The van der Waals surface area contributed by atoms with Crippen LogP contribution < -0.4 is 10.1 Å². The standard InChI is InChI=1S/C35H38N4O2/c1-25-7-2-3-10-31(25)35(26-8-4-9-26)34(28-14-17-32-29(23-28)24-37-38-32)27-12-15-30(16-13-27)41-22-19-36-18-5-11-33(40)39-20-6-21-39/h2-3,5,7,10-17,23-24,26,36H,4,6,8-9,18-22H2,1H3,(H,37,38). The van der Waals surface area contributed by atoms with E-state index in [4.69, 9.17) is 4.74 Å². The van der Waals surface area contributed by atoms with Crippen LogP contribution in [0.1, 0.15) is 47.9 Å². The Morgan fingerprint density at radius 3 is 2.59 bits per heavy atom. The average Bonchev–Trinajstić information content (AvgIpc) is 3.39. The molecule has 1 saturated carbocycles. The van der Waals surface area contributed by atoms with E-state index in [1.54, 1.807) is 6.08 Å². The smallest absolute Gasteiger partial charge is 0.246 e. The van der Waals surface area contributed by atoms with Crippen LogP contribution in [-0.2, 0) is 4.79 Å². The number of hydrogen-bond acceptors (Lipinski definition) is 4. The Balaban J connectivity index is 1.21. The highest BCUT2D eigenvalue weighted by Crippen LogP contribution is 2.46. The fraction of sp³-hybridized carbons (Fsp3) is 0.314. The maximum Gasteiger partial charge on any atom is 0.246 e. The number of H-pyrrole nitrogens is 1. The number of carbonyl (C=O) groups excluding carboxylic acids is 1. The van der Waals surface area contributed by atoms with Crippen LogP contribution >= 0.6 is 0 Å². The van der Waals surface area contributed by atoms with Crippen LogP contribution in [0, 0.1) is 12.8 Å². The minimum atomic E-state index is 0.107. The number of allylic oxidation sites excluding steroid dienone is 1. The summed E-state index contributed by atoms with van der Waals surface area (Å²) in [5, 5.41) is 11.8. The highest BCUT2D eigenvalue weighted by molar-refractivity contribution is 6.01.